The van der Waals surface area contributed by atoms with E-state index < -0.39 is 6.10 Å². The Morgan fingerprint density at radius 3 is 2.86 bits per heavy atom. The van der Waals surface area contributed by atoms with Crippen LogP contribution in [0.1, 0.15) is 29.4 Å². The summed E-state index contributed by atoms with van der Waals surface area (Å²) in [6, 6.07) is 7.32. The second-order valence-corrected chi connectivity index (χ2v) is 5.84. The Labute approximate surface area is 135 Å². The molecule has 1 unspecified atom stereocenters. The molecule has 0 aliphatic rings. The lowest BCUT2D eigenvalue weighted by Crippen LogP contribution is -2.29. The molecule has 0 spiro atoms. The molecule has 1 aromatic heterocycles. The third-order valence-corrected chi connectivity index (χ3v) is 3.76. The molecule has 118 valence electrons. The molecule has 0 bridgehead atoms. The van der Waals surface area contributed by atoms with Crippen molar-refractivity contribution >= 4 is 17.5 Å². The Morgan fingerprint density at radius 2 is 2.23 bits per heavy atom. The van der Waals surface area contributed by atoms with Crippen LogP contribution in [-0.2, 0) is 0 Å². The van der Waals surface area contributed by atoms with Crippen LogP contribution in [0.3, 0.4) is 0 Å². The first-order chi connectivity index (χ1) is 10.4. The summed E-state index contributed by atoms with van der Waals surface area (Å²) in [5.74, 6) is -0.105. The average Bonchev–Trinajstić information content (AvgIpc) is 2.85. The molecule has 0 aliphatic carbocycles. The summed E-state index contributed by atoms with van der Waals surface area (Å²) in [5, 5.41) is 14.2. The Kier molecular flexibility index (Phi) is 5.21. The monoisotopic (exact) mass is 321 g/mol. The van der Waals surface area contributed by atoms with E-state index in [1.807, 2.05) is 19.1 Å². The molecular formula is C16H20ClN3O2. The van der Waals surface area contributed by atoms with Crippen LogP contribution < -0.4 is 0 Å². The normalized spacial score (nSPS) is 12.2. The minimum atomic E-state index is -0.425. The fourth-order valence-electron chi connectivity index (χ4n) is 2.18. The maximum atomic E-state index is 12.5. The number of rotatable bonds is 5. The summed E-state index contributed by atoms with van der Waals surface area (Å²) in [4.78, 5) is 14.1. The minimum absolute atomic E-state index is 0.105. The molecule has 0 aliphatic heterocycles. The van der Waals surface area contributed by atoms with E-state index in [1.165, 1.54) is 0 Å². The van der Waals surface area contributed by atoms with Gasteiger partial charge < -0.3 is 10.0 Å². The number of carbonyl (C=O) groups excluding carboxylic acids is 1. The summed E-state index contributed by atoms with van der Waals surface area (Å²) in [5.41, 5.74) is 2.12. The summed E-state index contributed by atoms with van der Waals surface area (Å²) >= 11 is 6.00. The van der Waals surface area contributed by atoms with Crippen molar-refractivity contribution in [3.05, 3.63) is 46.7 Å². The minimum Gasteiger partial charge on any atom is -0.393 e. The highest BCUT2D eigenvalue weighted by atomic mass is 35.5. The quantitative estimate of drug-likeness (QED) is 0.921. The SMILES string of the molecule is Cc1c(C(=O)N(C)CCC(C)O)cnn1-c1cccc(Cl)c1. The number of hydrogen-bond donors (Lipinski definition) is 1. The second-order valence-electron chi connectivity index (χ2n) is 5.40. The van der Waals surface area contributed by atoms with Crippen LogP contribution >= 0.6 is 11.6 Å². The van der Waals surface area contributed by atoms with Gasteiger partial charge in [-0.25, -0.2) is 4.68 Å². The lowest BCUT2D eigenvalue weighted by atomic mass is 10.2. The van der Waals surface area contributed by atoms with Gasteiger partial charge in [0.2, 0.25) is 0 Å². The van der Waals surface area contributed by atoms with Crippen LogP contribution in [0.25, 0.3) is 5.69 Å². The molecule has 1 atom stereocenters. The number of aliphatic hydroxyl groups is 1. The zero-order valence-electron chi connectivity index (χ0n) is 13.0. The first-order valence-corrected chi connectivity index (χ1v) is 7.52. The number of hydrogen-bond acceptors (Lipinski definition) is 3. The maximum Gasteiger partial charge on any atom is 0.257 e. The number of halogens is 1. The lowest BCUT2D eigenvalue weighted by Gasteiger charge is -2.17. The van der Waals surface area contributed by atoms with Crippen LogP contribution in [-0.4, -0.2) is 45.4 Å². The van der Waals surface area contributed by atoms with E-state index >= 15 is 0 Å². The number of amides is 1. The Hall–Kier alpha value is -1.85. The van der Waals surface area contributed by atoms with Crippen molar-refractivity contribution in [1.82, 2.24) is 14.7 Å². The molecule has 0 saturated carbocycles. The molecule has 0 saturated heterocycles. The van der Waals surface area contributed by atoms with E-state index in [4.69, 9.17) is 11.6 Å². The van der Waals surface area contributed by atoms with Gasteiger partial charge in [-0.05, 0) is 38.5 Å². The standard InChI is InChI=1S/C16H20ClN3O2/c1-11(21)7-8-19(3)16(22)15-10-18-20(12(15)2)14-6-4-5-13(17)9-14/h4-6,9-11,21H,7-8H2,1-3H3. The van der Waals surface area contributed by atoms with Gasteiger partial charge in [-0.15, -0.1) is 0 Å². The first kappa shape index (κ1) is 16.5. The van der Waals surface area contributed by atoms with Gasteiger partial charge >= 0.3 is 0 Å². The molecule has 1 heterocycles. The average molecular weight is 322 g/mol. The predicted molar refractivity (Wildman–Crippen MR) is 86.6 cm³/mol. The van der Waals surface area contributed by atoms with Crippen LogP contribution in [0.2, 0.25) is 5.02 Å². The summed E-state index contributed by atoms with van der Waals surface area (Å²) in [7, 11) is 1.72. The van der Waals surface area contributed by atoms with Gasteiger partial charge in [-0.3, -0.25) is 4.79 Å². The van der Waals surface area contributed by atoms with Crippen molar-refractivity contribution in [2.24, 2.45) is 0 Å². The van der Waals surface area contributed by atoms with Crippen molar-refractivity contribution in [2.45, 2.75) is 26.4 Å². The number of benzene rings is 1. The topological polar surface area (TPSA) is 58.4 Å². The van der Waals surface area contributed by atoms with Crippen molar-refractivity contribution in [1.29, 1.82) is 0 Å². The molecule has 2 aromatic rings. The van der Waals surface area contributed by atoms with Gasteiger partial charge in [-0.1, -0.05) is 17.7 Å². The third kappa shape index (κ3) is 3.67. The van der Waals surface area contributed by atoms with Crippen molar-refractivity contribution < 1.29 is 9.90 Å². The fourth-order valence-corrected chi connectivity index (χ4v) is 2.36. The van der Waals surface area contributed by atoms with Crippen molar-refractivity contribution in [3.63, 3.8) is 0 Å². The van der Waals surface area contributed by atoms with E-state index in [-0.39, 0.29) is 5.91 Å². The Balaban J connectivity index is 2.22. The number of carbonyl (C=O) groups is 1. The first-order valence-electron chi connectivity index (χ1n) is 7.14. The van der Waals surface area contributed by atoms with Crippen LogP contribution in [0.15, 0.2) is 30.5 Å². The van der Waals surface area contributed by atoms with E-state index in [9.17, 15) is 9.90 Å². The fraction of sp³-hybridized carbons (Fsp3) is 0.375. The van der Waals surface area contributed by atoms with E-state index in [0.29, 0.717) is 23.6 Å². The number of aromatic nitrogens is 2. The highest BCUT2D eigenvalue weighted by Gasteiger charge is 2.19. The third-order valence-electron chi connectivity index (χ3n) is 3.52. The maximum absolute atomic E-state index is 12.5. The largest absolute Gasteiger partial charge is 0.393 e. The van der Waals surface area contributed by atoms with Crippen LogP contribution in [0.4, 0.5) is 0 Å². The Morgan fingerprint density at radius 1 is 1.50 bits per heavy atom. The van der Waals surface area contributed by atoms with Gasteiger partial charge in [0.15, 0.2) is 0 Å². The molecule has 5 nitrogen and oxygen atoms in total. The number of aliphatic hydroxyl groups excluding tert-OH is 1. The number of nitrogens with zero attached hydrogens (tertiary/aromatic N) is 3. The van der Waals surface area contributed by atoms with E-state index in [0.717, 1.165) is 11.4 Å². The van der Waals surface area contributed by atoms with Crippen LogP contribution in [0.5, 0.6) is 0 Å². The summed E-state index contributed by atoms with van der Waals surface area (Å²) in [6.45, 7) is 4.06. The lowest BCUT2D eigenvalue weighted by molar-refractivity contribution is 0.0768. The molecule has 1 amide bonds. The van der Waals surface area contributed by atoms with Gasteiger partial charge in [0.05, 0.1) is 29.2 Å². The molecule has 0 radical (unpaired) electrons. The highest BCUT2D eigenvalue weighted by molar-refractivity contribution is 6.30. The predicted octanol–water partition coefficient (Wildman–Crippen LogP) is 2.68. The smallest absolute Gasteiger partial charge is 0.257 e. The molecule has 22 heavy (non-hydrogen) atoms. The zero-order chi connectivity index (χ0) is 16.3. The zero-order valence-corrected chi connectivity index (χ0v) is 13.7. The van der Waals surface area contributed by atoms with Gasteiger partial charge in [0.25, 0.3) is 5.91 Å². The summed E-state index contributed by atoms with van der Waals surface area (Å²) in [6.07, 6.45) is 1.69. The van der Waals surface area contributed by atoms with Crippen molar-refractivity contribution in [2.75, 3.05) is 13.6 Å². The van der Waals surface area contributed by atoms with Gasteiger partial charge in [0, 0.05) is 18.6 Å². The van der Waals surface area contributed by atoms with E-state index in [1.54, 1.807) is 41.9 Å². The molecule has 2 rings (SSSR count). The summed E-state index contributed by atoms with van der Waals surface area (Å²) < 4.78 is 1.70. The molecule has 0 fully saturated rings. The van der Waals surface area contributed by atoms with Gasteiger partial charge in [-0.2, -0.15) is 5.10 Å². The molecular weight excluding hydrogens is 302 g/mol. The molecule has 6 heteroatoms. The van der Waals surface area contributed by atoms with E-state index in [2.05, 4.69) is 5.10 Å². The Bertz CT molecular complexity index is 667. The van der Waals surface area contributed by atoms with Crippen LogP contribution in [0, 0.1) is 6.92 Å². The second kappa shape index (κ2) is 6.94. The molecule has 1 N–H and O–H groups in total. The van der Waals surface area contributed by atoms with Gasteiger partial charge in [0.1, 0.15) is 0 Å². The highest BCUT2D eigenvalue weighted by Crippen LogP contribution is 2.18. The molecule has 1 aromatic carbocycles. The van der Waals surface area contributed by atoms with Crippen molar-refractivity contribution in [3.8, 4) is 5.69 Å².